The molecular formula is C31H20N2. The number of hydrogen-bond acceptors (Lipinski definition) is 2. The molecule has 0 saturated heterocycles. The number of aromatic nitrogens is 2. The van der Waals surface area contributed by atoms with E-state index in [1.807, 2.05) is 0 Å². The summed E-state index contributed by atoms with van der Waals surface area (Å²) in [6, 6.07) is 38.3. The summed E-state index contributed by atoms with van der Waals surface area (Å²) in [4.78, 5) is 10.3. The molecule has 0 radical (unpaired) electrons. The summed E-state index contributed by atoms with van der Waals surface area (Å²) in [5, 5.41) is 2.39. The van der Waals surface area contributed by atoms with Gasteiger partial charge in [0.2, 0.25) is 0 Å². The largest absolute Gasteiger partial charge is 0.246 e. The molecule has 0 atom stereocenters. The van der Waals surface area contributed by atoms with E-state index < -0.39 is 0 Å². The normalized spacial score (nSPS) is 12.1. The molecule has 0 spiro atoms. The van der Waals surface area contributed by atoms with Crippen molar-refractivity contribution in [1.29, 1.82) is 0 Å². The van der Waals surface area contributed by atoms with E-state index in [0.29, 0.717) is 0 Å². The van der Waals surface area contributed by atoms with E-state index in [2.05, 4.69) is 109 Å². The van der Waals surface area contributed by atoms with Crippen molar-refractivity contribution in [1.82, 2.24) is 9.97 Å². The lowest BCUT2D eigenvalue weighted by Gasteiger charge is -2.12. The lowest BCUT2D eigenvalue weighted by atomic mass is 9.92. The van der Waals surface area contributed by atoms with E-state index in [1.165, 1.54) is 44.2 Å². The highest BCUT2D eigenvalue weighted by atomic mass is 14.8. The van der Waals surface area contributed by atoms with Gasteiger partial charge in [-0.05, 0) is 45.5 Å². The number of rotatable bonds is 2. The highest BCUT2D eigenvalue weighted by Crippen LogP contribution is 2.47. The number of fused-ring (bicyclic) bond motifs is 5. The number of nitrogens with zero attached hydrogens (tertiary/aromatic N) is 2. The molecule has 1 aliphatic rings. The van der Waals surface area contributed by atoms with Crippen LogP contribution in [0.2, 0.25) is 0 Å². The summed E-state index contributed by atoms with van der Waals surface area (Å²) < 4.78 is 0. The van der Waals surface area contributed by atoms with Gasteiger partial charge in [-0.1, -0.05) is 97.1 Å². The Balaban J connectivity index is 1.61. The van der Waals surface area contributed by atoms with Crippen molar-refractivity contribution in [3.05, 3.63) is 120 Å². The van der Waals surface area contributed by atoms with Gasteiger partial charge in [-0.25, -0.2) is 9.97 Å². The molecule has 2 heterocycles. The molecule has 0 bridgehead atoms. The minimum Gasteiger partial charge on any atom is -0.246 e. The summed E-state index contributed by atoms with van der Waals surface area (Å²) in [6.45, 7) is 0. The predicted molar refractivity (Wildman–Crippen MR) is 136 cm³/mol. The van der Waals surface area contributed by atoms with Crippen LogP contribution < -0.4 is 0 Å². The predicted octanol–water partition coefficient (Wildman–Crippen LogP) is 7.69. The van der Waals surface area contributed by atoms with Gasteiger partial charge in [0, 0.05) is 17.2 Å². The topological polar surface area (TPSA) is 25.8 Å². The maximum atomic E-state index is 5.16. The van der Waals surface area contributed by atoms with Gasteiger partial charge < -0.3 is 0 Å². The number of benzene rings is 4. The molecule has 33 heavy (non-hydrogen) atoms. The zero-order valence-electron chi connectivity index (χ0n) is 18.0. The second-order valence-corrected chi connectivity index (χ2v) is 8.57. The highest BCUT2D eigenvalue weighted by Gasteiger charge is 2.30. The summed E-state index contributed by atoms with van der Waals surface area (Å²) >= 11 is 0. The summed E-state index contributed by atoms with van der Waals surface area (Å²) in [7, 11) is 0. The fraction of sp³-hybridized carbons (Fsp3) is 0.0323. The van der Waals surface area contributed by atoms with Gasteiger partial charge >= 0.3 is 0 Å². The number of hydrogen-bond donors (Lipinski definition) is 0. The molecule has 0 amide bonds. The Bertz CT molecular complexity index is 1540. The second kappa shape index (κ2) is 7.11. The first-order valence-corrected chi connectivity index (χ1v) is 11.3. The smallest absolute Gasteiger partial charge is 0.0938 e. The third-order valence-corrected chi connectivity index (χ3v) is 6.69. The molecule has 2 aromatic heterocycles. The molecule has 0 N–H and O–H groups in total. The van der Waals surface area contributed by atoms with Crippen LogP contribution in [0.1, 0.15) is 11.1 Å². The van der Waals surface area contributed by atoms with Gasteiger partial charge in [0.1, 0.15) is 0 Å². The maximum absolute atomic E-state index is 5.16. The second-order valence-electron chi connectivity index (χ2n) is 8.57. The van der Waals surface area contributed by atoms with Gasteiger partial charge in [-0.2, -0.15) is 0 Å². The van der Waals surface area contributed by atoms with E-state index in [0.717, 1.165) is 28.8 Å². The first kappa shape index (κ1) is 18.3. The Kier molecular flexibility index (Phi) is 3.94. The lowest BCUT2D eigenvalue weighted by molar-refractivity contribution is 1.25. The molecule has 0 fully saturated rings. The van der Waals surface area contributed by atoms with Crippen molar-refractivity contribution < 1.29 is 0 Å². The van der Waals surface area contributed by atoms with Crippen LogP contribution in [0.5, 0.6) is 0 Å². The van der Waals surface area contributed by atoms with Crippen molar-refractivity contribution in [2.24, 2.45) is 0 Å². The lowest BCUT2D eigenvalue weighted by Crippen LogP contribution is -1.94. The van der Waals surface area contributed by atoms with E-state index in [4.69, 9.17) is 9.97 Å². The van der Waals surface area contributed by atoms with Crippen molar-refractivity contribution in [2.45, 2.75) is 6.42 Å². The monoisotopic (exact) mass is 420 g/mol. The zero-order chi connectivity index (χ0) is 21.8. The van der Waals surface area contributed by atoms with Crippen LogP contribution in [-0.2, 0) is 6.42 Å². The third-order valence-electron chi connectivity index (χ3n) is 6.69. The van der Waals surface area contributed by atoms with Crippen LogP contribution in [-0.4, -0.2) is 9.97 Å². The van der Waals surface area contributed by atoms with Gasteiger partial charge in [0.25, 0.3) is 0 Å². The minimum absolute atomic E-state index is 0.828. The molecule has 0 unspecified atom stereocenters. The molecular weight excluding hydrogens is 400 g/mol. The van der Waals surface area contributed by atoms with Crippen molar-refractivity contribution >= 4 is 21.8 Å². The quantitative estimate of drug-likeness (QED) is 0.286. The van der Waals surface area contributed by atoms with Gasteiger partial charge in [0.15, 0.2) is 0 Å². The van der Waals surface area contributed by atoms with Crippen molar-refractivity contribution in [3.8, 4) is 33.6 Å². The molecule has 154 valence electrons. The van der Waals surface area contributed by atoms with E-state index in [9.17, 15) is 0 Å². The third kappa shape index (κ3) is 2.74. The van der Waals surface area contributed by atoms with Gasteiger partial charge in [-0.15, -0.1) is 0 Å². The van der Waals surface area contributed by atoms with E-state index >= 15 is 0 Å². The molecule has 7 rings (SSSR count). The first-order valence-electron chi connectivity index (χ1n) is 11.3. The van der Waals surface area contributed by atoms with Crippen LogP contribution >= 0.6 is 0 Å². The molecule has 6 aromatic rings. The van der Waals surface area contributed by atoms with Gasteiger partial charge in [-0.3, -0.25) is 0 Å². The number of para-hydroxylation sites is 2. The van der Waals surface area contributed by atoms with Crippen LogP contribution in [0.4, 0.5) is 0 Å². The molecule has 1 aliphatic carbocycles. The van der Waals surface area contributed by atoms with E-state index in [1.54, 1.807) is 0 Å². The zero-order valence-corrected chi connectivity index (χ0v) is 18.0. The average Bonchev–Trinajstić information content (AvgIpc) is 3.24. The average molecular weight is 421 g/mol. The van der Waals surface area contributed by atoms with Crippen molar-refractivity contribution in [2.75, 3.05) is 0 Å². The molecule has 2 nitrogen and oxygen atoms in total. The van der Waals surface area contributed by atoms with Crippen LogP contribution in [0, 0.1) is 0 Å². The Morgan fingerprint density at radius 2 is 0.818 bits per heavy atom. The first-order chi connectivity index (χ1) is 16.4. The summed E-state index contributed by atoms with van der Waals surface area (Å²) in [5.41, 5.74) is 11.6. The fourth-order valence-electron chi connectivity index (χ4n) is 5.28. The number of pyridine rings is 2. The van der Waals surface area contributed by atoms with E-state index in [-0.39, 0.29) is 0 Å². The van der Waals surface area contributed by atoms with Crippen LogP contribution in [0.15, 0.2) is 109 Å². The standard InChI is InChI=1S/C31H20N2/c1-3-11-20(12-4-1)28-22-15-7-9-17-26(22)32-30-24(28)19-25-29(21-13-5-2-6-14-21)23-16-8-10-18-27(23)33-31(25)30/h1-18H,19H2. The summed E-state index contributed by atoms with van der Waals surface area (Å²) in [6.07, 6.45) is 0.828. The van der Waals surface area contributed by atoms with Crippen LogP contribution in [0.3, 0.4) is 0 Å². The fourth-order valence-corrected chi connectivity index (χ4v) is 5.28. The minimum atomic E-state index is 0.828. The Labute approximate surface area is 192 Å². The molecule has 2 heteroatoms. The summed E-state index contributed by atoms with van der Waals surface area (Å²) in [5.74, 6) is 0. The molecule has 0 saturated carbocycles. The maximum Gasteiger partial charge on any atom is 0.0938 e. The Hall–Kier alpha value is -4.30. The van der Waals surface area contributed by atoms with Crippen LogP contribution in [0.25, 0.3) is 55.4 Å². The molecule has 0 aliphatic heterocycles. The Morgan fingerprint density at radius 3 is 1.27 bits per heavy atom. The SMILES string of the molecule is c1ccc(-c2c3c(nc4ccccc24)-c2nc4ccccc4c(-c4ccccc4)c2C3)cc1. The van der Waals surface area contributed by atoms with Crippen molar-refractivity contribution in [3.63, 3.8) is 0 Å². The highest BCUT2D eigenvalue weighted by molar-refractivity contribution is 6.05. The Morgan fingerprint density at radius 1 is 0.424 bits per heavy atom. The molecule has 4 aromatic carbocycles. The van der Waals surface area contributed by atoms with Gasteiger partial charge in [0.05, 0.1) is 22.4 Å².